The molecule has 2 amide bonds. The van der Waals surface area contributed by atoms with Crippen molar-refractivity contribution in [3.8, 4) is 0 Å². The molecule has 2 heterocycles. The Kier molecular flexibility index (Phi) is 5.02. The molecule has 0 aromatic carbocycles. The highest BCUT2D eigenvalue weighted by molar-refractivity contribution is 5.91. The molecular formula is C14H22N4O4. The van der Waals surface area contributed by atoms with Gasteiger partial charge in [-0.05, 0) is 19.8 Å². The highest BCUT2D eigenvalue weighted by Gasteiger charge is 2.33. The van der Waals surface area contributed by atoms with Crippen LogP contribution in [-0.2, 0) is 11.2 Å². The molecule has 0 radical (unpaired) electrons. The Morgan fingerprint density at radius 1 is 1.55 bits per heavy atom. The molecule has 0 spiro atoms. The highest BCUT2D eigenvalue weighted by atomic mass is 16.5. The van der Waals surface area contributed by atoms with Crippen molar-refractivity contribution in [1.82, 2.24) is 20.2 Å². The molecule has 2 atom stereocenters. The number of carbonyl (C=O) groups excluding carboxylic acids is 1. The second-order valence-corrected chi connectivity index (χ2v) is 5.38. The fourth-order valence-corrected chi connectivity index (χ4v) is 2.68. The maximum absolute atomic E-state index is 12.3. The van der Waals surface area contributed by atoms with Gasteiger partial charge in [-0.1, -0.05) is 6.92 Å². The molecule has 3 N–H and O–H groups in total. The van der Waals surface area contributed by atoms with E-state index in [2.05, 4.69) is 15.3 Å². The Labute approximate surface area is 128 Å². The molecule has 122 valence electrons. The maximum atomic E-state index is 12.3. The lowest BCUT2D eigenvalue weighted by molar-refractivity contribution is 0.0100. The molecule has 0 saturated carbocycles. The Balaban J connectivity index is 2.02. The van der Waals surface area contributed by atoms with E-state index in [1.165, 1.54) is 12.0 Å². The summed E-state index contributed by atoms with van der Waals surface area (Å²) in [6.45, 7) is 4.48. The van der Waals surface area contributed by atoms with Crippen molar-refractivity contribution in [2.24, 2.45) is 0 Å². The molecule has 0 bridgehead atoms. The van der Waals surface area contributed by atoms with Crippen molar-refractivity contribution in [2.75, 3.05) is 20.2 Å². The monoisotopic (exact) mass is 310 g/mol. The molecule has 0 unspecified atom stereocenters. The van der Waals surface area contributed by atoms with Gasteiger partial charge in [-0.25, -0.2) is 9.78 Å². The van der Waals surface area contributed by atoms with Gasteiger partial charge in [0.15, 0.2) is 5.82 Å². The van der Waals surface area contributed by atoms with E-state index >= 15 is 0 Å². The predicted octanol–water partition coefficient (Wildman–Crippen LogP) is 0.778. The van der Waals surface area contributed by atoms with E-state index in [0.29, 0.717) is 13.0 Å². The summed E-state index contributed by atoms with van der Waals surface area (Å²) in [4.78, 5) is 31.8. The normalized spacial score (nSPS) is 21.7. The fraction of sp³-hybridized carbons (Fsp3) is 0.643. The highest BCUT2D eigenvalue weighted by Crippen LogP contribution is 2.15. The van der Waals surface area contributed by atoms with Crippen molar-refractivity contribution < 1.29 is 19.4 Å². The molecule has 1 aromatic rings. The topological polar surface area (TPSA) is 108 Å². The molecular weight excluding hydrogens is 288 g/mol. The van der Waals surface area contributed by atoms with Crippen LogP contribution in [0, 0.1) is 6.92 Å². The Morgan fingerprint density at radius 3 is 2.82 bits per heavy atom. The minimum atomic E-state index is -0.971. The van der Waals surface area contributed by atoms with Crippen LogP contribution in [0.3, 0.4) is 0 Å². The van der Waals surface area contributed by atoms with Gasteiger partial charge >= 0.3 is 6.09 Å². The summed E-state index contributed by atoms with van der Waals surface area (Å²) in [5.74, 6) is -0.0107. The Bertz CT molecular complexity index is 557. The van der Waals surface area contributed by atoms with E-state index in [0.717, 1.165) is 17.8 Å². The van der Waals surface area contributed by atoms with Crippen molar-refractivity contribution in [2.45, 2.75) is 38.8 Å². The molecule has 1 aliphatic heterocycles. The molecule has 8 nitrogen and oxygen atoms in total. The molecule has 1 saturated heterocycles. The number of hydrogen-bond acceptors (Lipinski definition) is 4. The lowest BCUT2D eigenvalue weighted by Crippen LogP contribution is -2.55. The first-order valence-electron chi connectivity index (χ1n) is 7.33. The number of likely N-dealkylation sites (tertiary alicyclic amines) is 1. The number of carboxylic acid groups (broad SMARTS) is 1. The van der Waals surface area contributed by atoms with E-state index in [1.54, 1.807) is 0 Å². The molecule has 1 aliphatic rings. The van der Waals surface area contributed by atoms with Gasteiger partial charge in [-0.3, -0.25) is 4.79 Å². The average molecular weight is 310 g/mol. The summed E-state index contributed by atoms with van der Waals surface area (Å²) >= 11 is 0. The minimum absolute atomic E-state index is 0.233. The molecule has 8 heteroatoms. The third-order valence-corrected chi connectivity index (χ3v) is 3.98. The number of carbonyl (C=O) groups is 2. The van der Waals surface area contributed by atoms with Crippen LogP contribution in [0.25, 0.3) is 0 Å². The number of hydrogen-bond donors (Lipinski definition) is 3. The molecule has 2 rings (SSSR count). The van der Waals surface area contributed by atoms with Gasteiger partial charge in [0.1, 0.15) is 0 Å². The van der Waals surface area contributed by atoms with Crippen molar-refractivity contribution in [3.63, 3.8) is 0 Å². The molecule has 1 aromatic heterocycles. The second kappa shape index (κ2) is 6.78. The summed E-state index contributed by atoms with van der Waals surface area (Å²) in [7, 11) is 1.52. The number of H-pyrrole nitrogens is 1. The SMILES string of the molecule is CCc1nc(C(=O)N[C@H]2CCN(C(=O)O)C[C@H]2OC)[nH]c1C. The first-order valence-corrected chi connectivity index (χ1v) is 7.33. The molecule has 0 aliphatic carbocycles. The van der Waals surface area contributed by atoms with E-state index in [-0.39, 0.29) is 30.4 Å². The van der Waals surface area contributed by atoms with Crippen molar-refractivity contribution in [1.29, 1.82) is 0 Å². The van der Waals surface area contributed by atoms with Gasteiger partial charge in [-0.15, -0.1) is 0 Å². The van der Waals surface area contributed by atoms with E-state index in [1.807, 2.05) is 13.8 Å². The van der Waals surface area contributed by atoms with Crippen LogP contribution in [0.15, 0.2) is 0 Å². The first kappa shape index (κ1) is 16.3. The third kappa shape index (κ3) is 3.38. The number of piperidine rings is 1. The van der Waals surface area contributed by atoms with Crippen molar-refractivity contribution >= 4 is 12.0 Å². The molecule has 22 heavy (non-hydrogen) atoms. The number of aryl methyl sites for hydroxylation is 2. The summed E-state index contributed by atoms with van der Waals surface area (Å²) in [6, 6.07) is -0.233. The summed E-state index contributed by atoms with van der Waals surface area (Å²) in [6.07, 6.45) is -0.0685. The van der Waals surface area contributed by atoms with Crippen LogP contribution in [0.2, 0.25) is 0 Å². The third-order valence-electron chi connectivity index (χ3n) is 3.98. The second-order valence-electron chi connectivity index (χ2n) is 5.38. The number of aromatic amines is 1. The number of amides is 2. The summed E-state index contributed by atoms with van der Waals surface area (Å²) < 4.78 is 5.32. The zero-order valence-electron chi connectivity index (χ0n) is 13.0. The van der Waals surface area contributed by atoms with Crippen LogP contribution >= 0.6 is 0 Å². The van der Waals surface area contributed by atoms with Gasteiger partial charge < -0.3 is 25.0 Å². The first-order chi connectivity index (χ1) is 10.5. The van der Waals surface area contributed by atoms with Crippen molar-refractivity contribution in [3.05, 3.63) is 17.2 Å². The van der Waals surface area contributed by atoms with Gasteiger partial charge in [0.05, 0.1) is 24.4 Å². The largest absolute Gasteiger partial charge is 0.465 e. The lowest BCUT2D eigenvalue weighted by Gasteiger charge is -2.36. The minimum Gasteiger partial charge on any atom is -0.465 e. The maximum Gasteiger partial charge on any atom is 0.407 e. The van der Waals surface area contributed by atoms with E-state index < -0.39 is 6.09 Å². The Hall–Kier alpha value is -2.09. The number of nitrogens with zero attached hydrogens (tertiary/aromatic N) is 2. The number of rotatable bonds is 4. The van der Waals surface area contributed by atoms with Crippen LogP contribution in [-0.4, -0.2) is 64.3 Å². The fourth-order valence-electron chi connectivity index (χ4n) is 2.68. The predicted molar refractivity (Wildman–Crippen MR) is 79.0 cm³/mol. The number of nitrogens with one attached hydrogen (secondary N) is 2. The van der Waals surface area contributed by atoms with Gasteiger partial charge in [0, 0.05) is 19.3 Å². The zero-order valence-corrected chi connectivity index (χ0v) is 13.0. The number of ether oxygens (including phenoxy) is 1. The Morgan fingerprint density at radius 2 is 2.27 bits per heavy atom. The number of aromatic nitrogens is 2. The van der Waals surface area contributed by atoms with Crippen LogP contribution in [0.4, 0.5) is 4.79 Å². The molecule has 1 fully saturated rings. The summed E-state index contributed by atoms with van der Waals surface area (Å²) in [5, 5.41) is 11.9. The quantitative estimate of drug-likeness (QED) is 0.761. The smallest absolute Gasteiger partial charge is 0.407 e. The standard InChI is InChI=1S/C14H22N4O4/c1-4-9-8(2)15-12(16-9)13(19)17-10-5-6-18(14(20)21)7-11(10)22-3/h10-11H,4-7H2,1-3H3,(H,15,16)(H,17,19)(H,20,21)/t10-,11+/m0/s1. The van der Waals surface area contributed by atoms with Crippen LogP contribution in [0.1, 0.15) is 35.4 Å². The average Bonchev–Trinajstić information content (AvgIpc) is 2.88. The van der Waals surface area contributed by atoms with Gasteiger partial charge in [0.25, 0.3) is 5.91 Å². The van der Waals surface area contributed by atoms with Gasteiger partial charge in [-0.2, -0.15) is 0 Å². The number of methoxy groups -OCH3 is 1. The van der Waals surface area contributed by atoms with E-state index in [4.69, 9.17) is 9.84 Å². The number of imidazole rings is 1. The summed E-state index contributed by atoms with van der Waals surface area (Å²) in [5.41, 5.74) is 1.76. The van der Waals surface area contributed by atoms with E-state index in [9.17, 15) is 9.59 Å². The van der Waals surface area contributed by atoms with Gasteiger partial charge in [0.2, 0.25) is 0 Å². The van der Waals surface area contributed by atoms with Crippen LogP contribution < -0.4 is 5.32 Å². The lowest BCUT2D eigenvalue weighted by atomic mass is 10.0. The zero-order chi connectivity index (χ0) is 16.3. The van der Waals surface area contributed by atoms with Crippen LogP contribution in [0.5, 0.6) is 0 Å².